The normalized spacial score (nSPS) is 11.2. The number of hydrogen-bond donors (Lipinski definition) is 1. The second kappa shape index (κ2) is 7.82. The smallest absolute Gasteiger partial charge is 0.248 e. The highest BCUT2D eigenvalue weighted by molar-refractivity contribution is 9.11. The molecule has 0 unspecified atom stereocenters. The van der Waals surface area contributed by atoms with E-state index in [0.717, 1.165) is 26.2 Å². The Labute approximate surface area is 169 Å². The molecule has 1 amide bonds. The van der Waals surface area contributed by atoms with E-state index in [4.69, 9.17) is 16.3 Å². The first-order chi connectivity index (χ1) is 12.0. The third kappa shape index (κ3) is 4.03. The number of hydrogen-bond acceptors (Lipinski definition) is 5. The molecule has 0 bridgehead atoms. The van der Waals surface area contributed by atoms with Crippen LogP contribution in [0.5, 0.6) is 5.75 Å². The van der Waals surface area contributed by atoms with Gasteiger partial charge in [0.05, 0.1) is 34.0 Å². The van der Waals surface area contributed by atoms with Crippen molar-refractivity contribution in [2.75, 3.05) is 12.4 Å². The van der Waals surface area contributed by atoms with Crippen LogP contribution in [0.25, 0.3) is 17.1 Å². The van der Waals surface area contributed by atoms with E-state index in [-0.39, 0.29) is 5.91 Å². The molecule has 0 saturated heterocycles. The molecular formula is C16H10Br2ClN3O2S. The molecule has 3 aromatic rings. The zero-order valence-electron chi connectivity index (χ0n) is 12.7. The molecule has 0 atom stereocenters. The summed E-state index contributed by atoms with van der Waals surface area (Å²) < 4.78 is 15.3. The molecule has 128 valence electrons. The molecule has 1 N–H and O–H groups in total. The number of benzene rings is 2. The molecule has 1 aromatic heterocycles. The topological polar surface area (TPSA) is 64.1 Å². The maximum Gasteiger partial charge on any atom is 0.248 e. The third-order valence-corrected chi connectivity index (χ3v) is 5.19. The number of nitrogens with zero attached hydrogens (tertiary/aromatic N) is 2. The van der Waals surface area contributed by atoms with E-state index in [1.54, 1.807) is 25.3 Å². The Morgan fingerprint density at radius 3 is 2.88 bits per heavy atom. The number of aromatic nitrogens is 2. The van der Waals surface area contributed by atoms with Crippen molar-refractivity contribution < 1.29 is 9.53 Å². The highest BCUT2D eigenvalue weighted by atomic mass is 79.9. The summed E-state index contributed by atoms with van der Waals surface area (Å²) in [6.45, 7) is 0. The van der Waals surface area contributed by atoms with Gasteiger partial charge in [0.15, 0.2) is 0 Å². The molecule has 0 aliphatic heterocycles. The molecule has 2 aromatic carbocycles. The van der Waals surface area contributed by atoms with Crippen LogP contribution in [0, 0.1) is 0 Å². The molecule has 1 heterocycles. The van der Waals surface area contributed by atoms with Crippen molar-refractivity contribution in [1.82, 2.24) is 8.75 Å². The van der Waals surface area contributed by atoms with Gasteiger partial charge in [-0.15, -0.1) is 0 Å². The summed E-state index contributed by atoms with van der Waals surface area (Å²) in [5.41, 5.74) is 2.46. The van der Waals surface area contributed by atoms with Gasteiger partial charge in [0.1, 0.15) is 16.8 Å². The average molecular weight is 504 g/mol. The number of nitrogens with one attached hydrogen (secondary N) is 1. The number of fused-ring (bicyclic) bond motifs is 1. The Hall–Kier alpha value is -1.48. The molecular weight excluding hydrogens is 494 g/mol. The Morgan fingerprint density at radius 2 is 2.12 bits per heavy atom. The maximum atomic E-state index is 12.3. The third-order valence-electron chi connectivity index (χ3n) is 3.28. The summed E-state index contributed by atoms with van der Waals surface area (Å²) in [5.74, 6) is 0.302. The van der Waals surface area contributed by atoms with E-state index in [1.165, 1.54) is 6.08 Å². The summed E-state index contributed by atoms with van der Waals surface area (Å²) in [7, 11) is 1.57. The van der Waals surface area contributed by atoms with Crippen LogP contribution in [0.2, 0.25) is 5.02 Å². The number of methoxy groups -OCH3 is 1. The van der Waals surface area contributed by atoms with E-state index in [9.17, 15) is 4.79 Å². The quantitative estimate of drug-likeness (QED) is 0.476. The number of carbonyl (C=O) groups excluding carboxylic acids is 1. The predicted octanol–water partition coefficient (Wildman–Crippen LogP) is 5.53. The van der Waals surface area contributed by atoms with Gasteiger partial charge >= 0.3 is 0 Å². The van der Waals surface area contributed by atoms with E-state index in [0.29, 0.717) is 27.5 Å². The largest absolute Gasteiger partial charge is 0.495 e. The number of ether oxygens (including phenoxy) is 1. The monoisotopic (exact) mass is 501 g/mol. The Kier molecular flexibility index (Phi) is 5.73. The molecule has 9 heteroatoms. The van der Waals surface area contributed by atoms with Gasteiger partial charge in [-0.2, -0.15) is 8.75 Å². The molecule has 0 aliphatic rings. The van der Waals surface area contributed by atoms with E-state index in [1.807, 2.05) is 12.1 Å². The van der Waals surface area contributed by atoms with Crippen molar-refractivity contribution >= 4 is 83.9 Å². The number of amides is 1. The van der Waals surface area contributed by atoms with Crippen molar-refractivity contribution in [3.8, 4) is 5.75 Å². The van der Waals surface area contributed by atoms with E-state index < -0.39 is 0 Å². The summed E-state index contributed by atoms with van der Waals surface area (Å²) in [6, 6.07) is 7.16. The fraction of sp³-hybridized carbons (Fsp3) is 0.0625. The van der Waals surface area contributed by atoms with Crippen LogP contribution >= 0.6 is 55.2 Å². The lowest BCUT2D eigenvalue weighted by atomic mass is 10.2. The van der Waals surface area contributed by atoms with Crippen LogP contribution in [0.4, 0.5) is 5.69 Å². The van der Waals surface area contributed by atoms with Crippen molar-refractivity contribution in [1.29, 1.82) is 0 Å². The summed E-state index contributed by atoms with van der Waals surface area (Å²) in [6.07, 6.45) is 3.07. The van der Waals surface area contributed by atoms with Crippen molar-refractivity contribution in [3.05, 3.63) is 49.9 Å². The number of anilines is 1. The minimum atomic E-state index is -0.333. The van der Waals surface area contributed by atoms with Crippen LogP contribution in [-0.2, 0) is 4.79 Å². The van der Waals surface area contributed by atoms with Crippen molar-refractivity contribution in [2.24, 2.45) is 0 Å². The molecule has 0 fully saturated rings. The van der Waals surface area contributed by atoms with Crippen LogP contribution in [0.1, 0.15) is 5.56 Å². The number of rotatable bonds is 4. The molecule has 0 aliphatic carbocycles. The first-order valence-corrected chi connectivity index (χ1v) is 9.62. The van der Waals surface area contributed by atoms with Gasteiger partial charge in [-0.05, 0) is 46.3 Å². The van der Waals surface area contributed by atoms with Gasteiger partial charge in [-0.3, -0.25) is 4.79 Å². The van der Waals surface area contributed by atoms with Gasteiger partial charge in [0.25, 0.3) is 0 Å². The second-order valence-electron chi connectivity index (χ2n) is 4.89. The van der Waals surface area contributed by atoms with Gasteiger partial charge in [0.2, 0.25) is 5.91 Å². The molecule has 0 saturated carbocycles. The van der Waals surface area contributed by atoms with Crippen molar-refractivity contribution in [3.63, 3.8) is 0 Å². The first kappa shape index (κ1) is 18.3. The zero-order valence-corrected chi connectivity index (χ0v) is 17.5. The van der Waals surface area contributed by atoms with Crippen LogP contribution < -0.4 is 10.1 Å². The lowest BCUT2D eigenvalue weighted by molar-refractivity contribution is -0.111. The van der Waals surface area contributed by atoms with Crippen LogP contribution in [0.15, 0.2) is 39.3 Å². The Balaban J connectivity index is 1.87. The number of carbonyl (C=O) groups is 1. The summed E-state index contributed by atoms with van der Waals surface area (Å²) in [5, 5.41) is 3.17. The average Bonchev–Trinajstić information content (AvgIpc) is 3.04. The standard InChI is InChI=1S/C16H10Br2ClN3O2S/c1-24-16-8(6-9(17)7-10(16)18)2-5-13(23)20-14-11(19)3-4-12-15(14)22-25-21-12/h2-7H,1H3,(H,20,23)/b5-2+. The molecule has 5 nitrogen and oxygen atoms in total. The highest BCUT2D eigenvalue weighted by Crippen LogP contribution is 2.34. The fourth-order valence-corrected chi connectivity index (χ4v) is 4.36. The van der Waals surface area contributed by atoms with Gasteiger partial charge in [0, 0.05) is 16.1 Å². The maximum absolute atomic E-state index is 12.3. The lowest BCUT2D eigenvalue weighted by Crippen LogP contribution is -2.08. The zero-order chi connectivity index (χ0) is 18.0. The minimum absolute atomic E-state index is 0.333. The van der Waals surface area contributed by atoms with Gasteiger partial charge in [-0.25, -0.2) is 0 Å². The molecule has 0 spiro atoms. The fourth-order valence-electron chi connectivity index (χ4n) is 2.20. The molecule has 3 rings (SSSR count). The Morgan fingerprint density at radius 1 is 1.32 bits per heavy atom. The predicted molar refractivity (Wildman–Crippen MR) is 108 cm³/mol. The summed E-state index contributed by atoms with van der Waals surface area (Å²) in [4.78, 5) is 12.3. The molecule has 25 heavy (non-hydrogen) atoms. The highest BCUT2D eigenvalue weighted by Gasteiger charge is 2.12. The Bertz CT molecular complexity index is 991. The first-order valence-electron chi connectivity index (χ1n) is 6.92. The molecule has 0 radical (unpaired) electrons. The van der Waals surface area contributed by atoms with Gasteiger partial charge in [-0.1, -0.05) is 27.5 Å². The van der Waals surface area contributed by atoms with Crippen LogP contribution in [0.3, 0.4) is 0 Å². The second-order valence-corrected chi connectivity index (χ2v) is 7.59. The SMILES string of the molecule is COc1c(Br)cc(Br)cc1/C=C/C(=O)Nc1c(Cl)ccc2nsnc12. The number of halogens is 3. The lowest BCUT2D eigenvalue weighted by Gasteiger charge is -2.08. The van der Waals surface area contributed by atoms with Crippen LogP contribution in [-0.4, -0.2) is 21.8 Å². The van der Waals surface area contributed by atoms with Gasteiger partial charge < -0.3 is 10.1 Å². The van der Waals surface area contributed by atoms with Crippen molar-refractivity contribution in [2.45, 2.75) is 0 Å². The minimum Gasteiger partial charge on any atom is -0.495 e. The van der Waals surface area contributed by atoms with E-state index in [2.05, 4.69) is 45.9 Å². The van der Waals surface area contributed by atoms with E-state index >= 15 is 0 Å². The summed E-state index contributed by atoms with van der Waals surface area (Å²) >= 11 is 14.1.